The molecule has 2 heteroatoms. The molecule has 0 aliphatic heterocycles. The molecule has 0 saturated carbocycles. The van der Waals surface area contributed by atoms with Crippen molar-refractivity contribution in [2.24, 2.45) is 0 Å². The quantitative estimate of drug-likeness (QED) is 0.795. The first-order chi connectivity index (χ1) is 8.79. The van der Waals surface area contributed by atoms with E-state index >= 15 is 0 Å². The van der Waals surface area contributed by atoms with Crippen LogP contribution in [0.5, 0.6) is 11.5 Å². The molecule has 0 bridgehead atoms. The zero-order valence-corrected chi connectivity index (χ0v) is 11.9. The van der Waals surface area contributed by atoms with Crippen LogP contribution in [0.15, 0.2) is 36.4 Å². The van der Waals surface area contributed by atoms with Gasteiger partial charge in [0, 0.05) is 0 Å². The van der Waals surface area contributed by atoms with Gasteiger partial charge in [0.25, 0.3) is 0 Å². The summed E-state index contributed by atoms with van der Waals surface area (Å²) in [7, 11) is 0. The highest BCUT2D eigenvalue weighted by Gasteiger charge is 2.19. The summed E-state index contributed by atoms with van der Waals surface area (Å²) in [5.41, 5.74) is 3.79. The molecule has 0 aliphatic rings. The summed E-state index contributed by atoms with van der Waals surface area (Å²) < 4.78 is 0. The molecule has 0 heterocycles. The highest BCUT2D eigenvalue weighted by molar-refractivity contribution is 5.71. The molecule has 2 aromatic carbocycles. The van der Waals surface area contributed by atoms with Crippen molar-refractivity contribution in [3.05, 3.63) is 47.5 Å². The fourth-order valence-electron chi connectivity index (χ4n) is 2.28. The molecular weight excluding hydrogens is 236 g/mol. The molecule has 2 aromatic rings. The van der Waals surface area contributed by atoms with Gasteiger partial charge in [-0.1, -0.05) is 39.0 Å². The fraction of sp³-hybridized carbons (Fsp3) is 0.294. The lowest BCUT2D eigenvalue weighted by Gasteiger charge is -2.22. The van der Waals surface area contributed by atoms with Gasteiger partial charge in [0.15, 0.2) is 0 Å². The average molecular weight is 256 g/mol. The van der Waals surface area contributed by atoms with Gasteiger partial charge in [-0.15, -0.1) is 0 Å². The van der Waals surface area contributed by atoms with Gasteiger partial charge in [-0.05, 0) is 52.8 Å². The van der Waals surface area contributed by atoms with Crippen LogP contribution < -0.4 is 0 Å². The van der Waals surface area contributed by atoms with Crippen LogP contribution in [0.1, 0.15) is 31.9 Å². The third kappa shape index (κ3) is 2.73. The molecule has 0 unspecified atom stereocenters. The summed E-state index contributed by atoms with van der Waals surface area (Å²) in [5.74, 6) is 0.535. The molecular formula is C17H20O2. The van der Waals surface area contributed by atoms with Crippen LogP contribution in [-0.4, -0.2) is 10.2 Å². The third-order valence-corrected chi connectivity index (χ3v) is 3.31. The molecule has 100 valence electrons. The minimum Gasteiger partial charge on any atom is -0.508 e. The third-order valence-electron chi connectivity index (χ3n) is 3.31. The van der Waals surface area contributed by atoms with Gasteiger partial charge in [-0.3, -0.25) is 0 Å². The molecule has 0 saturated heterocycles. The van der Waals surface area contributed by atoms with Gasteiger partial charge in [0.2, 0.25) is 0 Å². The number of hydrogen-bond acceptors (Lipinski definition) is 2. The highest BCUT2D eigenvalue weighted by Crippen LogP contribution is 2.36. The van der Waals surface area contributed by atoms with E-state index in [0.29, 0.717) is 5.75 Å². The number of aryl methyl sites for hydroxylation is 1. The van der Waals surface area contributed by atoms with Crippen LogP contribution >= 0.6 is 0 Å². The lowest BCUT2D eigenvalue weighted by atomic mass is 9.83. The van der Waals surface area contributed by atoms with Crippen molar-refractivity contribution >= 4 is 0 Å². The maximum atomic E-state index is 10.2. The Labute approximate surface area is 114 Å². The molecule has 0 aliphatic carbocycles. The van der Waals surface area contributed by atoms with Crippen LogP contribution in [0.3, 0.4) is 0 Å². The van der Waals surface area contributed by atoms with Gasteiger partial charge in [-0.25, -0.2) is 0 Å². The van der Waals surface area contributed by atoms with Crippen LogP contribution in [0.4, 0.5) is 0 Å². The Morgan fingerprint density at radius 2 is 1.63 bits per heavy atom. The zero-order valence-electron chi connectivity index (χ0n) is 11.9. The second-order valence-electron chi connectivity index (χ2n) is 5.98. The Morgan fingerprint density at radius 1 is 0.947 bits per heavy atom. The summed E-state index contributed by atoms with van der Waals surface area (Å²) in [6.45, 7) is 8.26. The SMILES string of the molecule is Cc1cc(C(C)(C)C)c(O)cc1-c1cccc(O)c1. The van der Waals surface area contributed by atoms with Gasteiger partial charge >= 0.3 is 0 Å². The van der Waals surface area contributed by atoms with E-state index in [0.717, 1.165) is 22.3 Å². The van der Waals surface area contributed by atoms with Crippen molar-refractivity contribution in [3.63, 3.8) is 0 Å². The molecule has 0 radical (unpaired) electrons. The van der Waals surface area contributed by atoms with E-state index in [2.05, 4.69) is 20.8 Å². The summed E-state index contributed by atoms with van der Waals surface area (Å²) >= 11 is 0. The summed E-state index contributed by atoms with van der Waals surface area (Å²) in [5, 5.41) is 19.8. The normalized spacial score (nSPS) is 11.6. The maximum Gasteiger partial charge on any atom is 0.119 e. The topological polar surface area (TPSA) is 40.5 Å². The van der Waals surface area contributed by atoms with Crippen molar-refractivity contribution in [3.8, 4) is 22.6 Å². The summed E-state index contributed by atoms with van der Waals surface area (Å²) in [4.78, 5) is 0. The van der Waals surface area contributed by atoms with E-state index in [4.69, 9.17) is 0 Å². The maximum absolute atomic E-state index is 10.2. The molecule has 2 nitrogen and oxygen atoms in total. The predicted octanol–water partition coefficient (Wildman–Crippen LogP) is 4.37. The summed E-state index contributed by atoms with van der Waals surface area (Å²) in [6.07, 6.45) is 0. The van der Waals surface area contributed by atoms with Crippen LogP contribution in [0.2, 0.25) is 0 Å². The number of phenolic OH excluding ortho intramolecular Hbond substituents is 2. The average Bonchev–Trinajstić information content (AvgIpc) is 2.30. The molecule has 0 aromatic heterocycles. The monoisotopic (exact) mass is 256 g/mol. The van der Waals surface area contributed by atoms with Gasteiger partial charge in [0.05, 0.1) is 0 Å². The second kappa shape index (κ2) is 4.61. The highest BCUT2D eigenvalue weighted by atomic mass is 16.3. The van der Waals surface area contributed by atoms with E-state index in [-0.39, 0.29) is 11.2 Å². The van der Waals surface area contributed by atoms with Crippen LogP contribution in [-0.2, 0) is 5.41 Å². The van der Waals surface area contributed by atoms with Crippen molar-refractivity contribution in [2.75, 3.05) is 0 Å². The Bertz CT molecular complexity index is 607. The first-order valence-corrected chi connectivity index (χ1v) is 6.42. The second-order valence-corrected chi connectivity index (χ2v) is 5.98. The van der Waals surface area contributed by atoms with Crippen molar-refractivity contribution in [1.29, 1.82) is 0 Å². The van der Waals surface area contributed by atoms with Crippen molar-refractivity contribution < 1.29 is 10.2 Å². The molecule has 2 rings (SSSR count). The number of rotatable bonds is 1. The lowest BCUT2D eigenvalue weighted by Crippen LogP contribution is -2.11. The number of benzene rings is 2. The van der Waals surface area contributed by atoms with Crippen LogP contribution in [0, 0.1) is 6.92 Å². The molecule has 0 atom stereocenters. The van der Waals surface area contributed by atoms with Gasteiger partial charge < -0.3 is 10.2 Å². The number of aromatic hydroxyl groups is 2. The number of hydrogen-bond donors (Lipinski definition) is 2. The number of phenols is 2. The Kier molecular flexibility index (Phi) is 3.27. The van der Waals surface area contributed by atoms with E-state index < -0.39 is 0 Å². The smallest absolute Gasteiger partial charge is 0.119 e. The molecule has 0 amide bonds. The van der Waals surface area contributed by atoms with Gasteiger partial charge in [-0.2, -0.15) is 0 Å². The van der Waals surface area contributed by atoms with E-state index in [9.17, 15) is 10.2 Å². The van der Waals surface area contributed by atoms with Crippen molar-refractivity contribution in [2.45, 2.75) is 33.1 Å². The molecule has 2 N–H and O–H groups in total. The predicted molar refractivity (Wildman–Crippen MR) is 78.6 cm³/mol. The van der Waals surface area contributed by atoms with Gasteiger partial charge in [0.1, 0.15) is 11.5 Å². The van der Waals surface area contributed by atoms with Crippen LogP contribution in [0.25, 0.3) is 11.1 Å². The lowest BCUT2D eigenvalue weighted by molar-refractivity contribution is 0.446. The molecule has 0 fully saturated rings. The van der Waals surface area contributed by atoms with Crippen molar-refractivity contribution in [1.82, 2.24) is 0 Å². The largest absolute Gasteiger partial charge is 0.508 e. The fourth-order valence-corrected chi connectivity index (χ4v) is 2.28. The first-order valence-electron chi connectivity index (χ1n) is 6.42. The zero-order chi connectivity index (χ0) is 14.2. The Balaban J connectivity index is 2.59. The standard InChI is InChI=1S/C17H20O2/c1-11-8-15(17(2,3)4)16(19)10-14(11)12-6-5-7-13(18)9-12/h5-10,18-19H,1-4H3. The van der Waals surface area contributed by atoms with E-state index in [1.165, 1.54) is 0 Å². The van der Waals surface area contributed by atoms with E-state index in [1.807, 2.05) is 19.1 Å². The molecule has 19 heavy (non-hydrogen) atoms. The molecule has 0 spiro atoms. The Hall–Kier alpha value is -1.96. The minimum absolute atomic E-state index is 0.0911. The Morgan fingerprint density at radius 3 is 2.21 bits per heavy atom. The summed E-state index contributed by atoms with van der Waals surface area (Å²) in [6, 6.07) is 10.9. The minimum atomic E-state index is -0.0911. The first kappa shape index (κ1) is 13.5. The van der Waals surface area contributed by atoms with E-state index in [1.54, 1.807) is 24.3 Å².